The van der Waals surface area contributed by atoms with Gasteiger partial charge in [-0.2, -0.15) is 13.2 Å². The number of likely N-dealkylation sites (tertiary alicyclic amines) is 1. The van der Waals surface area contributed by atoms with Gasteiger partial charge in [-0.1, -0.05) is 6.42 Å². The van der Waals surface area contributed by atoms with Crippen molar-refractivity contribution >= 4 is 0 Å². The lowest BCUT2D eigenvalue weighted by molar-refractivity contribution is -0.137. The standard InChI is InChI=1S/C23H30F3N3O2/c1-17-21(27-22(31-17)18-5-7-19(8-6-18)23(24,25)26)16-29-10-3-2-4-20(29)9-11-28-12-14-30-15-13-28/h5-8,20H,2-4,9-16H2,1H3/t20-/m1/s1. The summed E-state index contributed by atoms with van der Waals surface area (Å²) in [6.07, 6.45) is 0.395. The Morgan fingerprint density at radius 2 is 1.81 bits per heavy atom. The number of nitrogens with zero attached hydrogens (tertiary/aromatic N) is 3. The Hall–Kier alpha value is -1.90. The number of ether oxygens (including phenoxy) is 1. The number of hydrogen-bond acceptors (Lipinski definition) is 5. The van der Waals surface area contributed by atoms with Crippen molar-refractivity contribution in [3.8, 4) is 11.5 Å². The highest BCUT2D eigenvalue weighted by molar-refractivity contribution is 5.54. The summed E-state index contributed by atoms with van der Waals surface area (Å²) < 4.78 is 49.7. The molecule has 170 valence electrons. The van der Waals surface area contributed by atoms with Gasteiger partial charge < -0.3 is 9.15 Å². The molecule has 2 aromatic rings. The first-order chi connectivity index (χ1) is 14.9. The summed E-state index contributed by atoms with van der Waals surface area (Å²) in [5.41, 5.74) is 0.759. The van der Waals surface area contributed by atoms with Crippen LogP contribution in [0.2, 0.25) is 0 Å². The molecular weight excluding hydrogens is 407 g/mol. The van der Waals surface area contributed by atoms with E-state index in [-0.39, 0.29) is 0 Å². The van der Waals surface area contributed by atoms with Crippen molar-refractivity contribution in [3.63, 3.8) is 0 Å². The number of hydrogen-bond donors (Lipinski definition) is 0. The van der Waals surface area contributed by atoms with Crippen LogP contribution < -0.4 is 0 Å². The molecular formula is C23H30F3N3O2. The Kier molecular flexibility index (Phi) is 6.99. The molecule has 0 saturated carbocycles. The van der Waals surface area contributed by atoms with Crippen LogP contribution in [0.4, 0.5) is 13.2 Å². The van der Waals surface area contributed by atoms with Gasteiger partial charge in [-0.15, -0.1) is 0 Å². The van der Waals surface area contributed by atoms with E-state index < -0.39 is 11.7 Å². The lowest BCUT2D eigenvalue weighted by Crippen LogP contribution is -2.43. The number of morpholine rings is 1. The molecule has 0 radical (unpaired) electrons. The number of alkyl halides is 3. The first kappa shape index (κ1) is 22.3. The summed E-state index contributed by atoms with van der Waals surface area (Å²) in [6.45, 7) is 8.36. The highest BCUT2D eigenvalue weighted by Gasteiger charge is 2.30. The summed E-state index contributed by atoms with van der Waals surface area (Å²) in [5.74, 6) is 1.11. The lowest BCUT2D eigenvalue weighted by atomic mass is 9.98. The van der Waals surface area contributed by atoms with Gasteiger partial charge in [0, 0.05) is 31.2 Å². The van der Waals surface area contributed by atoms with E-state index in [0.717, 1.165) is 69.4 Å². The summed E-state index contributed by atoms with van der Waals surface area (Å²) in [6, 6.07) is 5.50. The van der Waals surface area contributed by atoms with Crippen molar-refractivity contribution in [3.05, 3.63) is 41.3 Å². The normalized spacial score (nSPS) is 21.5. The fourth-order valence-electron chi connectivity index (χ4n) is 4.44. The Labute approximate surface area is 181 Å². The van der Waals surface area contributed by atoms with Crippen LogP contribution in [-0.4, -0.2) is 60.2 Å². The molecule has 0 amide bonds. The van der Waals surface area contributed by atoms with Crippen molar-refractivity contribution in [1.29, 1.82) is 0 Å². The first-order valence-electron chi connectivity index (χ1n) is 11.1. The van der Waals surface area contributed by atoms with E-state index in [9.17, 15) is 13.2 Å². The fourth-order valence-corrected chi connectivity index (χ4v) is 4.44. The number of aromatic nitrogens is 1. The number of halogens is 3. The zero-order valence-corrected chi connectivity index (χ0v) is 18.0. The zero-order chi connectivity index (χ0) is 21.8. The summed E-state index contributed by atoms with van der Waals surface area (Å²) >= 11 is 0. The molecule has 31 heavy (non-hydrogen) atoms. The second kappa shape index (κ2) is 9.71. The maximum atomic E-state index is 12.8. The smallest absolute Gasteiger partial charge is 0.416 e. The third kappa shape index (κ3) is 5.67. The molecule has 0 N–H and O–H groups in total. The Balaban J connectivity index is 1.41. The largest absolute Gasteiger partial charge is 0.441 e. The second-order valence-electron chi connectivity index (χ2n) is 8.46. The van der Waals surface area contributed by atoms with E-state index in [4.69, 9.17) is 9.15 Å². The summed E-state index contributed by atoms with van der Waals surface area (Å²) in [5, 5.41) is 0. The molecule has 4 rings (SSSR count). The predicted molar refractivity (Wildman–Crippen MR) is 112 cm³/mol. The fraction of sp³-hybridized carbons (Fsp3) is 0.609. The van der Waals surface area contributed by atoms with Crippen molar-refractivity contribution in [2.75, 3.05) is 39.4 Å². The van der Waals surface area contributed by atoms with E-state index >= 15 is 0 Å². The van der Waals surface area contributed by atoms with Crippen molar-refractivity contribution in [2.45, 2.75) is 51.4 Å². The van der Waals surface area contributed by atoms with Gasteiger partial charge in [0.05, 0.1) is 24.5 Å². The lowest BCUT2D eigenvalue weighted by Gasteiger charge is -2.37. The van der Waals surface area contributed by atoms with Gasteiger partial charge in [-0.25, -0.2) is 4.98 Å². The van der Waals surface area contributed by atoms with Gasteiger partial charge in [0.2, 0.25) is 5.89 Å². The van der Waals surface area contributed by atoms with Crippen LogP contribution in [0.5, 0.6) is 0 Å². The van der Waals surface area contributed by atoms with Gasteiger partial charge in [0.25, 0.3) is 0 Å². The minimum Gasteiger partial charge on any atom is -0.441 e. The van der Waals surface area contributed by atoms with Crippen LogP contribution in [-0.2, 0) is 17.5 Å². The van der Waals surface area contributed by atoms with E-state index in [1.807, 2.05) is 6.92 Å². The van der Waals surface area contributed by atoms with Gasteiger partial charge in [-0.3, -0.25) is 9.80 Å². The average Bonchev–Trinajstić information content (AvgIpc) is 3.13. The highest BCUT2D eigenvalue weighted by atomic mass is 19.4. The quantitative estimate of drug-likeness (QED) is 0.653. The van der Waals surface area contributed by atoms with Gasteiger partial charge >= 0.3 is 6.18 Å². The summed E-state index contributed by atoms with van der Waals surface area (Å²) in [7, 11) is 0. The highest BCUT2D eigenvalue weighted by Crippen LogP contribution is 2.31. The van der Waals surface area contributed by atoms with Crippen LogP contribution in [0.25, 0.3) is 11.5 Å². The maximum absolute atomic E-state index is 12.8. The molecule has 0 bridgehead atoms. The monoisotopic (exact) mass is 437 g/mol. The maximum Gasteiger partial charge on any atom is 0.416 e. The number of aryl methyl sites for hydroxylation is 1. The Morgan fingerprint density at radius 3 is 2.52 bits per heavy atom. The van der Waals surface area contributed by atoms with Gasteiger partial charge in [0.1, 0.15) is 5.76 Å². The SMILES string of the molecule is Cc1oc(-c2ccc(C(F)(F)F)cc2)nc1CN1CCCC[C@@H]1CCN1CCOCC1. The molecule has 0 unspecified atom stereocenters. The van der Waals surface area contributed by atoms with Gasteiger partial charge in [-0.05, 0) is 63.5 Å². The molecule has 1 atom stereocenters. The topological polar surface area (TPSA) is 41.7 Å². The molecule has 8 heteroatoms. The third-order valence-electron chi connectivity index (χ3n) is 6.34. The van der Waals surface area contributed by atoms with E-state index in [0.29, 0.717) is 24.0 Å². The summed E-state index contributed by atoms with van der Waals surface area (Å²) in [4.78, 5) is 9.60. The Morgan fingerprint density at radius 1 is 1.06 bits per heavy atom. The minimum absolute atomic E-state index is 0.378. The van der Waals surface area contributed by atoms with Crippen LogP contribution in [0.15, 0.2) is 28.7 Å². The number of piperidine rings is 1. The van der Waals surface area contributed by atoms with Crippen LogP contribution >= 0.6 is 0 Å². The molecule has 2 aliphatic rings. The van der Waals surface area contributed by atoms with Gasteiger partial charge in [0.15, 0.2) is 0 Å². The van der Waals surface area contributed by atoms with Crippen LogP contribution in [0, 0.1) is 6.92 Å². The van der Waals surface area contributed by atoms with E-state index in [2.05, 4.69) is 14.8 Å². The molecule has 3 heterocycles. The van der Waals surface area contributed by atoms with E-state index in [1.165, 1.54) is 31.4 Å². The number of rotatable bonds is 6. The van der Waals surface area contributed by atoms with Crippen molar-refractivity contribution < 1.29 is 22.3 Å². The molecule has 2 saturated heterocycles. The van der Waals surface area contributed by atoms with Crippen LogP contribution in [0.1, 0.15) is 42.7 Å². The van der Waals surface area contributed by atoms with Crippen LogP contribution in [0.3, 0.4) is 0 Å². The molecule has 1 aromatic heterocycles. The molecule has 0 spiro atoms. The average molecular weight is 438 g/mol. The number of oxazole rings is 1. The molecule has 0 aliphatic carbocycles. The van der Waals surface area contributed by atoms with Crippen molar-refractivity contribution in [1.82, 2.24) is 14.8 Å². The molecule has 2 aliphatic heterocycles. The van der Waals surface area contributed by atoms with E-state index in [1.54, 1.807) is 0 Å². The second-order valence-corrected chi connectivity index (χ2v) is 8.46. The van der Waals surface area contributed by atoms with Crippen molar-refractivity contribution in [2.24, 2.45) is 0 Å². The molecule has 5 nitrogen and oxygen atoms in total. The minimum atomic E-state index is -4.35. The zero-order valence-electron chi connectivity index (χ0n) is 18.0. The predicted octanol–water partition coefficient (Wildman–Crippen LogP) is 4.75. The molecule has 2 fully saturated rings. The molecule has 1 aromatic carbocycles. The third-order valence-corrected chi connectivity index (χ3v) is 6.34. The Bertz CT molecular complexity index is 845. The number of benzene rings is 1. The first-order valence-corrected chi connectivity index (χ1v) is 11.1.